The maximum absolute atomic E-state index is 5.32. The summed E-state index contributed by atoms with van der Waals surface area (Å²) in [6.07, 6.45) is 1.08. The van der Waals surface area contributed by atoms with Crippen LogP contribution in [0.25, 0.3) is 21.8 Å². The molecule has 0 amide bonds. The monoisotopic (exact) mass is 366 g/mol. The summed E-state index contributed by atoms with van der Waals surface area (Å²) in [5.41, 5.74) is 3.31. The fraction of sp³-hybridized carbons (Fsp3) is 0.333. The van der Waals surface area contributed by atoms with Crippen molar-refractivity contribution in [3.63, 3.8) is 0 Å². The van der Waals surface area contributed by atoms with Crippen molar-refractivity contribution in [1.82, 2.24) is 10.3 Å². The lowest BCUT2D eigenvalue weighted by Crippen LogP contribution is -2.28. The summed E-state index contributed by atoms with van der Waals surface area (Å²) in [6, 6.07) is 15.3. The minimum Gasteiger partial charge on any atom is -0.381 e. The van der Waals surface area contributed by atoms with Gasteiger partial charge in [0.05, 0.1) is 16.6 Å². The Hall–Kier alpha value is -2.40. The average molecular weight is 367 g/mol. The van der Waals surface area contributed by atoms with Crippen LogP contribution >= 0.6 is 12.2 Å². The highest BCUT2D eigenvalue weighted by molar-refractivity contribution is 7.80. The summed E-state index contributed by atoms with van der Waals surface area (Å²) >= 11 is 5.32. The first-order chi connectivity index (χ1) is 12.5. The number of nitrogens with one attached hydrogen (secondary N) is 3. The Morgan fingerprint density at radius 1 is 1.12 bits per heavy atom. The summed E-state index contributed by atoms with van der Waals surface area (Å²) in [5.74, 6) is 0. The highest BCUT2D eigenvalue weighted by Crippen LogP contribution is 2.29. The van der Waals surface area contributed by atoms with Gasteiger partial charge in [-0.3, -0.25) is 0 Å². The van der Waals surface area contributed by atoms with Crippen molar-refractivity contribution in [2.24, 2.45) is 4.99 Å². The van der Waals surface area contributed by atoms with Crippen molar-refractivity contribution in [2.75, 3.05) is 5.32 Å². The van der Waals surface area contributed by atoms with Crippen LogP contribution in [0.4, 0.5) is 5.69 Å². The molecule has 0 radical (unpaired) electrons. The second-order valence-corrected chi connectivity index (χ2v) is 7.33. The highest BCUT2D eigenvalue weighted by Gasteiger charge is 2.09. The van der Waals surface area contributed by atoms with Gasteiger partial charge in [-0.05, 0) is 57.6 Å². The minimum absolute atomic E-state index is 0.269. The van der Waals surface area contributed by atoms with Crippen LogP contribution in [0, 0.1) is 0 Å². The molecule has 2 aromatic carbocycles. The first-order valence-electron chi connectivity index (χ1n) is 9.14. The van der Waals surface area contributed by atoms with E-state index < -0.39 is 0 Å². The highest BCUT2D eigenvalue weighted by atomic mass is 32.1. The van der Waals surface area contributed by atoms with Crippen LogP contribution in [0.2, 0.25) is 0 Å². The molecule has 1 aromatic heterocycles. The molecule has 0 fully saturated rings. The Balaban J connectivity index is 2.13. The first-order valence-corrected chi connectivity index (χ1v) is 9.55. The molecule has 0 aliphatic rings. The van der Waals surface area contributed by atoms with Gasteiger partial charge in [-0.2, -0.15) is 0 Å². The number of nitrogens with zero attached hydrogens (tertiary/aromatic N) is 1. The van der Waals surface area contributed by atoms with Gasteiger partial charge < -0.3 is 15.6 Å². The third-order valence-electron chi connectivity index (χ3n) is 4.38. The van der Waals surface area contributed by atoms with E-state index in [1.54, 1.807) is 0 Å². The fourth-order valence-electron chi connectivity index (χ4n) is 2.94. The van der Waals surface area contributed by atoms with Crippen LogP contribution in [0.3, 0.4) is 0 Å². The predicted molar refractivity (Wildman–Crippen MR) is 116 cm³/mol. The predicted octanol–water partition coefficient (Wildman–Crippen LogP) is 4.72. The van der Waals surface area contributed by atoms with Gasteiger partial charge in [0.25, 0.3) is 0 Å². The van der Waals surface area contributed by atoms with Crippen molar-refractivity contribution in [3.8, 4) is 0 Å². The van der Waals surface area contributed by atoms with E-state index in [1.165, 1.54) is 10.8 Å². The van der Waals surface area contributed by atoms with E-state index >= 15 is 0 Å². The lowest BCUT2D eigenvalue weighted by Gasteiger charge is -2.13. The van der Waals surface area contributed by atoms with Gasteiger partial charge in [0.2, 0.25) is 0 Å². The van der Waals surface area contributed by atoms with Gasteiger partial charge in [0, 0.05) is 28.4 Å². The zero-order valence-corrected chi connectivity index (χ0v) is 16.6. The molecule has 0 saturated carbocycles. The van der Waals surface area contributed by atoms with Gasteiger partial charge in [0.15, 0.2) is 5.11 Å². The Bertz CT molecular complexity index is 1000. The standard InChI is InChI=1S/C21H26N4S/c1-5-14(4)23-18-11-7-10-17-16-9-6-8-15(12-19(16)25-20(17)18)24-21(26)22-13(2)3/h6-14,23,25H,5H2,1-4H3,(H,22,26). The lowest BCUT2D eigenvalue weighted by atomic mass is 10.1. The SMILES string of the molecule is CCC(C)Nc1cccc2c1[nH]c1cc(=NC(=S)NC(C)C)cccc12. The number of para-hydroxylation sites is 1. The van der Waals surface area contributed by atoms with Gasteiger partial charge in [0.1, 0.15) is 0 Å². The Morgan fingerprint density at radius 3 is 2.58 bits per heavy atom. The van der Waals surface area contributed by atoms with E-state index in [0.29, 0.717) is 11.2 Å². The number of anilines is 1. The molecular weight excluding hydrogens is 340 g/mol. The maximum atomic E-state index is 5.32. The molecule has 0 bridgehead atoms. The molecule has 4 nitrogen and oxygen atoms in total. The molecule has 1 atom stereocenters. The molecule has 0 aliphatic heterocycles. The molecule has 3 aromatic rings. The number of hydrogen-bond donors (Lipinski definition) is 3. The van der Waals surface area contributed by atoms with Crippen LogP contribution in [0.15, 0.2) is 47.5 Å². The third-order valence-corrected chi connectivity index (χ3v) is 4.59. The van der Waals surface area contributed by atoms with Crippen molar-refractivity contribution >= 4 is 44.8 Å². The van der Waals surface area contributed by atoms with Crippen LogP contribution in [0.5, 0.6) is 0 Å². The molecule has 1 unspecified atom stereocenters. The van der Waals surface area contributed by atoms with Crippen LogP contribution < -0.4 is 16.0 Å². The van der Waals surface area contributed by atoms with Crippen molar-refractivity contribution in [1.29, 1.82) is 0 Å². The van der Waals surface area contributed by atoms with E-state index in [4.69, 9.17) is 12.2 Å². The molecule has 3 N–H and O–H groups in total. The molecule has 0 spiro atoms. The summed E-state index contributed by atoms with van der Waals surface area (Å²) < 4.78 is 0. The Morgan fingerprint density at radius 2 is 1.85 bits per heavy atom. The number of fused-ring (bicyclic) bond motifs is 3. The van der Waals surface area contributed by atoms with Gasteiger partial charge in [-0.15, -0.1) is 0 Å². The van der Waals surface area contributed by atoms with E-state index in [9.17, 15) is 0 Å². The maximum Gasteiger partial charge on any atom is 0.193 e. The molecule has 3 rings (SSSR count). The van der Waals surface area contributed by atoms with E-state index in [-0.39, 0.29) is 6.04 Å². The fourth-order valence-corrected chi connectivity index (χ4v) is 3.29. The number of H-pyrrole nitrogens is 1. The number of hydrogen-bond acceptors (Lipinski definition) is 2. The molecular formula is C21H26N4S. The van der Waals surface area contributed by atoms with Crippen molar-refractivity contribution in [3.05, 3.63) is 47.8 Å². The number of rotatable bonds is 4. The average Bonchev–Trinajstić information content (AvgIpc) is 2.80. The number of aromatic nitrogens is 1. The van der Waals surface area contributed by atoms with Gasteiger partial charge >= 0.3 is 0 Å². The van der Waals surface area contributed by atoms with Crippen molar-refractivity contribution in [2.45, 2.75) is 46.2 Å². The summed E-state index contributed by atoms with van der Waals surface area (Å²) in [4.78, 5) is 8.09. The normalized spacial score (nSPS) is 13.3. The lowest BCUT2D eigenvalue weighted by molar-refractivity contribution is 0.735. The van der Waals surface area contributed by atoms with E-state index in [2.05, 4.69) is 78.6 Å². The molecule has 26 heavy (non-hydrogen) atoms. The van der Waals surface area contributed by atoms with Crippen LogP contribution in [0.1, 0.15) is 34.1 Å². The Labute approximate surface area is 159 Å². The number of thiocarbonyl (C=S) groups is 1. The summed E-state index contributed by atoms with van der Waals surface area (Å²) in [5, 5.41) is 10.5. The number of benzene rings is 1. The van der Waals surface area contributed by atoms with Gasteiger partial charge in [-0.25, -0.2) is 4.99 Å². The second-order valence-electron chi connectivity index (χ2n) is 6.95. The quantitative estimate of drug-likeness (QED) is 0.586. The molecule has 1 heterocycles. The Kier molecular flexibility index (Phi) is 5.57. The molecule has 0 aliphatic carbocycles. The largest absolute Gasteiger partial charge is 0.381 e. The topological polar surface area (TPSA) is 52.2 Å². The first kappa shape index (κ1) is 18.4. The smallest absolute Gasteiger partial charge is 0.193 e. The summed E-state index contributed by atoms with van der Waals surface area (Å²) in [6.45, 7) is 8.48. The van der Waals surface area contributed by atoms with Crippen LogP contribution in [-0.2, 0) is 0 Å². The zero-order valence-electron chi connectivity index (χ0n) is 15.8. The number of aromatic amines is 1. The summed E-state index contributed by atoms with van der Waals surface area (Å²) in [7, 11) is 0. The van der Waals surface area contributed by atoms with Gasteiger partial charge in [-0.1, -0.05) is 31.2 Å². The van der Waals surface area contributed by atoms with E-state index in [0.717, 1.165) is 28.5 Å². The minimum atomic E-state index is 0.269. The van der Waals surface area contributed by atoms with Crippen LogP contribution in [-0.4, -0.2) is 22.2 Å². The van der Waals surface area contributed by atoms with Crippen molar-refractivity contribution < 1.29 is 0 Å². The molecule has 5 heteroatoms. The third kappa shape index (κ3) is 4.05. The molecule has 0 saturated heterocycles. The van der Waals surface area contributed by atoms with E-state index in [1.807, 2.05) is 12.1 Å². The molecule has 136 valence electrons. The second kappa shape index (κ2) is 7.87. The zero-order chi connectivity index (χ0) is 18.7.